The Morgan fingerprint density at radius 2 is 1.93 bits per heavy atom. The number of carbonyl (C=O) groups is 2. The molecule has 2 aromatic carbocycles. The van der Waals surface area contributed by atoms with Crippen LogP contribution in [0, 0.1) is 6.92 Å². The van der Waals surface area contributed by atoms with Crippen molar-refractivity contribution in [3.63, 3.8) is 0 Å². The molecule has 1 atom stereocenters. The Morgan fingerprint density at radius 3 is 2.66 bits per heavy atom. The zero-order valence-corrected chi connectivity index (χ0v) is 16.9. The molecule has 1 N–H and O–H groups in total. The van der Waals surface area contributed by atoms with Gasteiger partial charge in [-0.25, -0.2) is 4.79 Å². The average molecular weight is 411 g/mol. The summed E-state index contributed by atoms with van der Waals surface area (Å²) in [4.78, 5) is 24.4. The SMILES string of the molecule is COC(=O)[C@@H](Cc1ccccc1)NC(=O)CSc1nnc(-c2cccc(C)c2)o1. The Hall–Kier alpha value is -3.13. The highest BCUT2D eigenvalue weighted by molar-refractivity contribution is 7.99. The van der Waals surface area contributed by atoms with E-state index in [4.69, 9.17) is 9.15 Å². The first-order valence-electron chi connectivity index (χ1n) is 8.99. The second-order valence-corrected chi connectivity index (χ2v) is 7.29. The van der Waals surface area contributed by atoms with Crippen molar-refractivity contribution in [2.24, 2.45) is 0 Å². The Kier molecular flexibility index (Phi) is 7.02. The van der Waals surface area contributed by atoms with E-state index in [9.17, 15) is 9.59 Å². The molecule has 1 aromatic heterocycles. The van der Waals surface area contributed by atoms with Crippen LogP contribution in [0.15, 0.2) is 64.2 Å². The van der Waals surface area contributed by atoms with Crippen LogP contribution in [-0.4, -0.2) is 41.0 Å². The van der Waals surface area contributed by atoms with E-state index in [-0.39, 0.29) is 16.9 Å². The highest BCUT2D eigenvalue weighted by Crippen LogP contribution is 2.23. The van der Waals surface area contributed by atoms with Gasteiger partial charge in [-0.05, 0) is 24.6 Å². The van der Waals surface area contributed by atoms with Gasteiger partial charge in [0.25, 0.3) is 5.22 Å². The maximum Gasteiger partial charge on any atom is 0.328 e. The molecule has 0 aliphatic carbocycles. The highest BCUT2D eigenvalue weighted by atomic mass is 32.2. The van der Waals surface area contributed by atoms with Crippen LogP contribution in [0.25, 0.3) is 11.5 Å². The second-order valence-electron chi connectivity index (χ2n) is 6.36. The predicted molar refractivity (Wildman–Crippen MR) is 109 cm³/mol. The maximum atomic E-state index is 12.3. The van der Waals surface area contributed by atoms with Crippen LogP contribution >= 0.6 is 11.8 Å². The van der Waals surface area contributed by atoms with Crippen LogP contribution < -0.4 is 5.32 Å². The van der Waals surface area contributed by atoms with Gasteiger partial charge >= 0.3 is 5.97 Å². The van der Waals surface area contributed by atoms with Crippen molar-refractivity contribution in [3.8, 4) is 11.5 Å². The number of methoxy groups -OCH3 is 1. The summed E-state index contributed by atoms with van der Waals surface area (Å²) in [6.45, 7) is 1.98. The molecule has 1 amide bonds. The van der Waals surface area contributed by atoms with Crippen molar-refractivity contribution in [2.45, 2.75) is 24.6 Å². The van der Waals surface area contributed by atoms with E-state index in [1.807, 2.05) is 61.5 Å². The van der Waals surface area contributed by atoms with E-state index in [0.717, 1.165) is 28.5 Å². The van der Waals surface area contributed by atoms with E-state index in [1.165, 1.54) is 7.11 Å². The minimum Gasteiger partial charge on any atom is -0.467 e. The van der Waals surface area contributed by atoms with Gasteiger partial charge in [-0.2, -0.15) is 0 Å². The summed E-state index contributed by atoms with van der Waals surface area (Å²) in [6.07, 6.45) is 0.349. The van der Waals surface area contributed by atoms with Crippen molar-refractivity contribution in [1.82, 2.24) is 15.5 Å². The normalized spacial score (nSPS) is 11.7. The molecule has 8 heteroatoms. The Bertz CT molecular complexity index is 975. The van der Waals surface area contributed by atoms with Crippen LogP contribution in [0.4, 0.5) is 0 Å². The third-order valence-electron chi connectivity index (χ3n) is 4.10. The fourth-order valence-electron chi connectivity index (χ4n) is 2.71. The molecule has 7 nitrogen and oxygen atoms in total. The zero-order chi connectivity index (χ0) is 20.6. The molecule has 0 aliphatic heterocycles. The number of amides is 1. The smallest absolute Gasteiger partial charge is 0.328 e. The molecule has 29 heavy (non-hydrogen) atoms. The number of rotatable bonds is 8. The summed E-state index contributed by atoms with van der Waals surface area (Å²) in [5.41, 5.74) is 2.83. The summed E-state index contributed by atoms with van der Waals surface area (Å²) in [5.74, 6) is -0.381. The molecule has 0 radical (unpaired) electrons. The largest absolute Gasteiger partial charge is 0.467 e. The number of thioether (sulfide) groups is 1. The summed E-state index contributed by atoms with van der Waals surface area (Å²) in [7, 11) is 1.30. The molecule has 1 heterocycles. The molecule has 0 spiro atoms. The van der Waals surface area contributed by atoms with Crippen molar-refractivity contribution < 1.29 is 18.7 Å². The van der Waals surface area contributed by atoms with Crippen LogP contribution in [0.5, 0.6) is 0 Å². The van der Waals surface area contributed by atoms with Gasteiger partial charge in [0.2, 0.25) is 11.8 Å². The molecule has 3 aromatic rings. The quantitative estimate of drug-likeness (QED) is 0.450. The lowest BCUT2D eigenvalue weighted by molar-refractivity contribution is -0.144. The number of carbonyl (C=O) groups excluding carboxylic acids is 2. The number of aromatic nitrogens is 2. The number of aryl methyl sites for hydroxylation is 1. The molecule has 0 unspecified atom stereocenters. The van der Waals surface area contributed by atoms with Crippen LogP contribution in [0.3, 0.4) is 0 Å². The summed E-state index contributed by atoms with van der Waals surface area (Å²) in [5, 5.41) is 11.0. The predicted octanol–water partition coefficient (Wildman–Crippen LogP) is 3.04. The number of ether oxygens (including phenoxy) is 1. The van der Waals surface area contributed by atoms with E-state index in [2.05, 4.69) is 15.5 Å². The Morgan fingerprint density at radius 1 is 1.14 bits per heavy atom. The molecular weight excluding hydrogens is 390 g/mol. The van der Waals surface area contributed by atoms with Crippen molar-refractivity contribution >= 4 is 23.6 Å². The van der Waals surface area contributed by atoms with Gasteiger partial charge in [0.15, 0.2) is 0 Å². The van der Waals surface area contributed by atoms with Crippen LogP contribution in [0.2, 0.25) is 0 Å². The van der Waals surface area contributed by atoms with Gasteiger partial charge in [-0.15, -0.1) is 10.2 Å². The monoisotopic (exact) mass is 411 g/mol. The molecule has 0 aliphatic rings. The van der Waals surface area contributed by atoms with E-state index in [0.29, 0.717) is 12.3 Å². The van der Waals surface area contributed by atoms with Gasteiger partial charge < -0.3 is 14.5 Å². The number of hydrogen-bond acceptors (Lipinski definition) is 7. The first-order chi connectivity index (χ1) is 14.0. The number of esters is 1. The number of nitrogens with zero attached hydrogens (tertiary/aromatic N) is 2. The fraction of sp³-hybridized carbons (Fsp3) is 0.238. The number of hydrogen-bond donors (Lipinski definition) is 1. The van der Waals surface area contributed by atoms with Crippen molar-refractivity contribution in [1.29, 1.82) is 0 Å². The van der Waals surface area contributed by atoms with Gasteiger partial charge in [-0.1, -0.05) is 59.8 Å². The van der Waals surface area contributed by atoms with Gasteiger partial charge in [0.1, 0.15) is 6.04 Å². The summed E-state index contributed by atoms with van der Waals surface area (Å²) >= 11 is 1.11. The second kappa shape index (κ2) is 9.88. The topological polar surface area (TPSA) is 94.3 Å². The Balaban J connectivity index is 1.57. The van der Waals surface area contributed by atoms with E-state index in [1.54, 1.807) is 0 Å². The number of nitrogens with one attached hydrogen (secondary N) is 1. The standard InChI is InChI=1S/C21H21N3O4S/c1-14-7-6-10-16(11-14)19-23-24-21(28-19)29-13-18(25)22-17(20(26)27-2)12-15-8-4-3-5-9-15/h3-11,17H,12-13H2,1-2H3,(H,22,25)/t17-/m1/s1. The molecule has 0 saturated carbocycles. The highest BCUT2D eigenvalue weighted by Gasteiger charge is 2.22. The first-order valence-corrected chi connectivity index (χ1v) is 9.98. The molecule has 150 valence electrons. The zero-order valence-electron chi connectivity index (χ0n) is 16.1. The minimum atomic E-state index is -0.763. The molecule has 0 bridgehead atoms. The third kappa shape index (κ3) is 5.92. The van der Waals surface area contributed by atoms with Gasteiger partial charge in [-0.3, -0.25) is 4.79 Å². The Labute approximate surface area is 172 Å². The summed E-state index contributed by atoms with van der Waals surface area (Å²) < 4.78 is 10.4. The lowest BCUT2D eigenvalue weighted by Gasteiger charge is -2.16. The first kappa shape index (κ1) is 20.6. The molecule has 0 fully saturated rings. The van der Waals surface area contributed by atoms with E-state index >= 15 is 0 Å². The fourth-order valence-corrected chi connectivity index (χ4v) is 3.29. The average Bonchev–Trinajstić information content (AvgIpc) is 3.21. The minimum absolute atomic E-state index is 0.0394. The van der Waals surface area contributed by atoms with Crippen LogP contribution in [-0.2, 0) is 20.7 Å². The summed E-state index contributed by atoms with van der Waals surface area (Å²) in [6, 6.07) is 16.4. The van der Waals surface area contributed by atoms with E-state index < -0.39 is 12.0 Å². The lowest BCUT2D eigenvalue weighted by atomic mass is 10.1. The maximum absolute atomic E-state index is 12.3. The van der Waals surface area contributed by atoms with Crippen LogP contribution in [0.1, 0.15) is 11.1 Å². The number of benzene rings is 2. The molecule has 0 saturated heterocycles. The van der Waals surface area contributed by atoms with Gasteiger partial charge in [0.05, 0.1) is 12.9 Å². The van der Waals surface area contributed by atoms with Gasteiger partial charge in [0, 0.05) is 12.0 Å². The molecule has 3 rings (SSSR count). The van der Waals surface area contributed by atoms with Crippen molar-refractivity contribution in [3.05, 3.63) is 65.7 Å². The van der Waals surface area contributed by atoms with Crippen molar-refractivity contribution in [2.75, 3.05) is 12.9 Å². The molecular formula is C21H21N3O4S. The third-order valence-corrected chi connectivity index (χ3v) is 4.92. The lowest BCUT2D eigenvalue weighted by Crippen LogP contribution is -2.43.